The summed E-state index contributed by atoms with van der Waals surface area (Å²) in [6, 6.07) is 13.7. The zero-order valence-electron chi connectivity index (χ0n) is 33.8. The molecule has 5 aromatic rings. The first-order valence-corrected chi connectivity index (χ1v) is 19.9. The summed E-state index contributed by atoms with van der Waals surface area (Å²) in [4.78, 5) is 68.9. The van der Waals surface area contributed by atoms with Crippen molar-refractivity contribution in [2.45, 2.75) is 31.9 Å². The standard InChI is InChI=1S/C21H21N3O6S.C13H15N3O4S.ClHN12/c1-29-20(27)16(24-21(28)30-12-13-5-3-2-4-6-13)10-23-19(26)17-9-15-18(31-17)14(11-25)7-8-22-15;1-20-13(19)8(14)5-16-12(18)10-4-9-11(21-10)7(6-17)2-3-15-9;1-3-5-7-9-11-13-12-10-8-6-4-2/h2-9,16,25H,10-12H2,1H3,(H,23,26)(H,24,28);2-4,8,17H,5-6,14H2,1H3,(H,16,18);2H/b;;4-2?,5-3?,8-6+,9-7+,12-10+,13-11+/t16-;8-;/m11./s1. The van der Waals surface area contributed by atoms with Crippen molar-refractivity contribution in [2.75, 3.05) is 27.3 Å². The van der Waals surface area contributed by atoms with Crippen LogP contribution in [0.1, 0.15) is 36.0 Å². The van der Waals surface area contributed by atoms with Gasteiger partial charge in [0.2, 0.25) is 0 Å². The number of esters is 2. The molecule has 0 bridgehead atoms. The van der Waals surface area contributed by atoms with E-state index in [-0.39, 0.29) is 38.8 Å². The summed E-state index contributed by atoms with van der Waals surface area (Å²) in [5.41, 5.74) is 15.1. The summed E-state index contributed by atoms with van der Waals surface area (Å²) in [5.74, 6) is -2.10. The number of nitrogens with zero attached hydrogens (tertiary/aromatic N) is 13. The van der Waals surface area contributed by atoms with Crippen molar-refractivity contribution in [3.8, 4) is 0 Å². The quantitative estimate of drug-likeness (QED) is 0.0263. The van der Waals surface area contributed by atoms with E-state index in [1.165, 1.54) is 36.9 Å². The molecule has 31 heteroatoms. The van der Waals surface area contributed by atoms with Gasteiger partial charge in [0.1, 0.15) is 18.7 Å². The van der Waals surface area contributed by atoms with Crippen molar-refractivity contribution < 1.29 is 48.4 Å². The van der Waals surface area contributed by atoms with Gasteiger partial charge in [0.25, 0.3) is 11.8 Å². The third-order valence-corrected chi connectivity index (χ3v) is 10.1. The highest BCUT2D eigenvalue weighted by Gasteiger charge is 2.24. The number of nitrogens with two attached hydrogens (primary N) is 1. The third-order valence-electron chi connectivity index (χ3n) is 7.62. The number of hydrogen-bond acceptors (Lipinski definition) is 17. The van der Waals surface area contributed by atoms with Crippen LogP contribution in [-0.2, 0) is 43.6 Å². The highest BCUT2D eigenvalue weighted by atomic mass is 35.5. The number of pyridine rings is 2. The monoisotopic (exact) mass is 956 g/mol. The van der Waals surface area contributed by atoms with E-state index in [1.807, 2.05) is 18.2 Å². The molecule has 28 nitrogen and oxygen atoms in total. The van der Waals surface area contributed by atoms with E-state index in [4.69, 9.17) is 32.5 Å². The van der Waals surface area contributed by atoms with Gasteiger partial charge in [-0.05, 0) is 93.2 Å². The Balaban J connectivity index is 0.000000285. The minimum atomic E-state index is -1.13. The minimum absolute atomic E-state index is 0.0139. The molecule has 0 saturated heterocycles. The van der Waals surface area contributed by atoms with E-state index in [0.717, 1.165) is 15.8 Å². The zero-order chi connectivity index (χ0) is 47.4. The summed E-state index contributed by atoms with van der Waals surface area (Å²) in [6.45, 7) is -0.455. The van der Waals surface area contributed by atoms with Gasteiger partial charge in [0, 0.05) is 25.5 Å². The molecule has 1 aromatic carbocycles. The summed E-state index contributed by atoms with van der Waals surface area (Å²) in [6.07, 6.45) is 2.32. The van der Waals surface area contributed by atoms with Crippen LogP contribution < -0.4 is 21.7 Å². The van der Waals surface area contributed by atoms with Crippen molar-refractivity contribution in [3.05, 3.63) is 93.4 Å². The number of halogens is 1. The fraction of sp³-hybridized carbons (Fsp3) is 0.265. The first-order chi connectivity index (χ1) is 31.5. The molecule has 4 heterocycles. The number of hydrogen-bond donors (Lipinski definition) is 7. The van der Waals surface area contributed by atoms with Gasteiger partial charge in [0.05, 0.1) is 69.4 Å². The van der Waals surface area contributed by atoms with Gasteiger partial charge in [-0.3, -0.25) is 24.4 Å². The van der Waals surface area contributed by atoms with Crippen LogP contribution in [0.5, 0.6) is 0 Å². The second-order valence-electron chi connectivity index (χ2n) is 11.7. The Kier molecular flexibility index (Phi) is 23.0. The molecule has 4 aromatic heterocycles. The first-order valence-electron chi connectivity index (χ1n) is 17.9. The van der Waals surface area contributed by atoms with Crippen LogP contribution in [0.3, 0.4) is 0 Å². The number of rotatable bonds is 18. The average Bonchev–Trinajstić information content (AvgIpc) is 3.99. The van der Waals surface area contributed by atoms with Crippen molar-refractivity contribution in [3.63, 3.8) is 0 Å². The lowest BCUT2D eigenvalue weighted by molar-refractivity contribution is -0.143. The fourth-order valence-corrected chi connectivity index (χ4v) is 6.76. The fourth-order valence-electron chi connectivity index (χ4n) is 4.66. The highest BCUT2D eigenvalue weighted by Crippen LogP contribution is 2.28. The van der Waals surface area contributed by atoms with Crippen LogP contribution in [-0.4, -0.2) is 89.4 Å². The van der Waals surface area contributed by atoms with Gasteiger partial charge < -0.3 is 46.1 Å². The number of benzene rings is 1. The van der Waals surface area contributed by atoms with E-state index in [2.05, 4.69) is 87.5 Å². The zero-order valence-corrected chi connectivity index (χ0v) is 36.2. The first kappa shape index (κ1) is 51.7. The van der Waals surface area contributed by atoms with Crippen LogP contribution in [0.2, 0.25) is 0 Å². The third kappa shape index (κ3) is 17.6. The van der Waals surface area contributed by atoms with Crippen LogP contribution >= 0.6 is 34.5 Å². The second-order valence-corrected chi connectivity index (χ2v) is 14.0. The number of ether oxygens (including phenoxy) is 3. The van der Waals surface area contributed by atoms with Gasteiger partial charge >= 0.3 is 18.0 Å². The van der Waals surface area contributed by atoms with Crippen LogP contribution in [0.4, 0.5) is 4.79 Å². The van der Waals surface area contributed by atoms with E-state index in [1.54, 1.807) is 48.8 Å². The maximum absolute atomic E-state index is 12.5. The Hall–Kier alpha value is -7.64. The molecular formula is C34H37ClN18O10S2. The lowest BCUT2D eigenvalue weighted by Gasteiger charge is -2.17. The number of alkyl carbamates (subject to hydrolysis) is 1. The Morgan fingerprint density at radius 1 is 0.738 bits per heavy atom. The van der Waals surface area contributed by atoms with Crippen LogP contribution in [0.25, 0.3) is 20.4 Å². The molecule has 0 aliphatic carbocycles. The number of nitrogens with one attached hydrogen (secondary N) is 4. The molecule has 3 amide bonds. The average molecular weight is 957 g/mol. The molecule has 0 aliphatic heterocycles. The predicted molar refractivity (Wildman–Crippen MR) is 227 cm³/mol. The van der Waals surface area contributed by atoms with Crippen LogP contribution in [0, 0.1) is 5.53 Å². The molecule has 0 unspecified atom stereocenters. The van der Waals surface area contributed by atoms with E-state index >= 15 is 0 Å². The molecule has 0 saturated carbocycles. The number of thiophene rings is 2. The number of amides is 3. The number of fused-ring (bicyclic) bond motifs is 2. The lowest BCUT2D eigenvalue weighted by atomic mass is 10.2. The van der Waals surface area contributed by atoms with Gasteiger partial charge in [-0.25, -0.2) is 9.59 Å². The molecule has 8 N–H and O–H groups in total. The van der Waals surface area contributed by atoms with Crippen molar-refractivity contribution in [2.24, 2.45) is 62.6 Å². The number of aliphatic hydroxyl groups is 2. The maximum Gasteiger partial charge on any atom is 0.408 e. The largest absolute Gasteiger partial charge is 0.468 e. The molecule has 5 rings (SSSR count). The summed E-state index contributed by atoms with van der Waals surface area (Å²) in [7, 11) is 2.42. The van der Waals surface area contributed by atoms with Crippen molar-refractivity contribution in [1.29, 1.82) is 5.53 Å². The topological polar surface area (TPSA) is 401 Å². The number of carbonyl (C=O) groups is 5. The van der Waals surface area contributed by atoms with Crippen molar-refractivity contribution >= 4 is 84.7 Å². The molecule has 0 aliphatic rings. The molecule has 2 atom stereocenters. The van der Waals surface area contributed by atoms with Crippen LogP contribution in [0.15, 0.2) is 124 Å². The van der Waals surface area contributed by atoms with Crippen molar-refractivity contribution in [1.82, 2.24) is 25.9 Å². The number of carbonyl (C=O) groups excluding carboxylic acids is 5. The SMILES string of the molecule is COC(=O)[C@@H](CNC(=O)c1cc2nccc(CO)c2s1)NC(=O)OCc1ccccc1.COC(=O)[C@H](N)CNC(=O)c1cc2nccc(CO)c2s1.N=N/N=N/N=N/N=N/N=N/N=NCl. The summed E-state index contributed by atoms with van der Waals surface area (Å²) >= 11 is 7.14. The van der Waals surface area contributed by atoms with E-state index < -0.39 is 36.0 Å². The minimum Gasteiger partial charge on any atom is -0.468 e. The Morgan fingerprint density at radius 2 is 1.23 bits per heavy atom. The number of methoxy groups -OCH3 is 2. The highest BCUT2D eigenvalue weighted by molar-refractivity contribution is 7.21. The van der Waals surface area contributed by atoms with Gasteiger partial charge in [-0.15, -0.1) is 22.7 Å². The summed E-state index contributed by atoms with van der Waals surface area (Å²) in [5, 5.41) is 54.8. The Bertz CT molecular complexity index is 2520. The van der Waals surface area contributed by atoms with E-state index in [0.29, 0.717) is 31.1 Å². The molecule has 0 spiro atoms. The second kappa shape index (κ2) is 28.9. The van der Waals surface area contributed by atoms with Gasteiger partial charge in [-0.2, -0.15) is 5.53 Å². The molecule has 342 valence electrons. The summed E-state index contributed by atoms with van der Waals surface area (Å²) < 4.78 is 18.5. The Labute approximate surface area is 378 Å². The number of aliphatic hydroxyl groups excluding tert-OH is 2. The molecule has 65 heavy (non-hydrogen) atoms. The van der Waals surface area contributed by atoms with Gasteiger partial charge in [-0.1, -0.05) is 35.0 Å². The molecule has 0 fully saturated rings. The maximum atomic E-state index is 12.5. The molecular weight excluding hydrogens is 920 g/mol. The Morgan fingerprint density at radius 3 is 1.71 bits per heavy atom. The normalized spacial score (nSPS) is 12.1. The number of aromatic nitrogens is 2. The lowest BCUT2D eigenvalue weighted by Crippen LogP contribution is -2.49. The van der Waals surface area contributed by atoms with Gasteiger partial charge in [0.15, 0.2) is 0 Å². The predicted octanol–water partition coefficient (Wildman–Crippen LogP) is 5.01. The van der Waals surface area contributed by atoms with E-state index in [9.17, 15) is 34.2 Å². The smallest absolute Gasteiger partial charge is 0.408 e. The molecule has 0 radical (unpaired) electrons.